The van der Waals surface area contributed by atoms with Crippen LogP contribution in [0.2, 0.25) is 5.02 Å². The Morgan fingerprint density at radius 2 is 2.00 bits per heavy atom. The van der Waals surface area contributed by atoms with Gasteiger partial charge in [-0.1, -0.05) is 17.7 Å². The van der Waals surface area contributed by atoms with E-state index in [1.165, 1.54) is 19.3 Å². The Morgan fingerprint density at radius 1 is 1.30 bits per heavy atom. The predicted molar refractivity (Wildman–Crippen MR) is 79.3 cm³/mol. The van der Waals surface area contributed by atoms with Gasteiger partial charge in [0.2, 0.25) is 0 Å². The van der Waals surface area contributed by atoms with Gasteiger partial charge in [-0.2, -0.15) is 0 Å². The molecule has 1 aromatic carbocycles. The fraction of sp³-hybridized carbons (Fsp3) is 0.647. The minimum Gasteiger partial charge on any atom is -0.316 e. The molecule has 108 valence electrons. The van der Waals surface area contributed by atoms with E-state index in [4.69, 9.17) is 11.6 Å². The lowest BCUT2D eigenvalue weighted by Gasteiger charge is -2.20. The van der Waals surface area contributed by atoms with Crippen molar-refractivity contribution in [2.24, 2.45) is 29.6 Å². The number of likely N-dealkylation sites (N-methyl/N-ethyl adjacent to an activating group) is 1. The molecule has 5 unspecified atom stereocenters. The first kappa shape index (κ1) is 13.1. The third kappa shape index (κ3) is 1.92. The van der Waals surface area contributed by atoms with E-state index in [2.05, 4.69) is 5.32 Å². The summed E-state index contributed by atoms with van der Waals surface area (Å²) < 4.78 is 13.6. The van der Waals surface area contributed by atoms with Crippen molar-refractivity contribution < 1.29 is 4.39 Å². The summed E-state index contributed by atoms with van der Waals surface area (Å²) in [5.41, 5.74) is 1.06. The van der Waals surface area contributed by atoms with E-state index < -0.39 is 0 Å². The van der Waals surface area contributed by atoms with Gasteiger partial charge in [0, 0.05) is 6.04 Å². The van der Waals surface area contributed by atoms with Gasteiger partial charge in [0.15, 0.2) is 0 Å². The van der Waals surface area contributed by atoms with Gasteiger partial charge in [-0.25, -0.2) is 4.39 Å². The summed E-state index contributed by atoms with van der Waals surface area (Å²) in [5.74, 6) is 4.44. The lowest BCUT2D eigenvalue weighted by Crippen LogP contribution is -2.32. The van der Waals surface area contributed by atoms with E-state index in [-0.39, 0.29) is 10.8 Å². The quantitative estimate of drug-likeness (QED) is 0.888. The van der Waals surface area contributed by atoms with Crippen LogP contribution in [0.1, 0.15) is 24.8 Å². The van der Waals surface area contributed by atoms with Gasteiger partial charge < -0.3 is 5.32 Å². The molecule has 0 aromatic heterocycles. The molecule has 0 heterocycles. The summed E-state index contributed by atoms with van der Waals surface area (Å²) in [7, 11) is 2.05. The Kier molecular flexibility index (Phi) is 3.08. The largest absolute Gasteiger partial charge is 0.316 e. The second-order valence-corrected chi connectivity index (χ2v) is 7.32. The minimum absolute atomic E-state index is 0.219. The fourth-order valence-electron chi connectivity index (χ4n) is 5.28. The highest BCUT2D eigenvalue weighted by Crippen LogP contribution is 2.70. The van der Waals surface area contributed by atoms with Crippen LogP contribution in [-0.4, -0.2) is 13.1 Å². The molecular weight excluding hydrogens is 273 g/mol. The van der Waals surface area contributed by atoms with E-state index >= 15 is 0 Å². The molecule has 1 nitrogen and oxygen atoms in total. The highest BCUT2D eigenvalue weighted by molar-refractivity contribution is 6.30. The molecule has 0 radical (unpaired) electrons. The van der Waals surface area contributed by atoms with Crippen molar-refractivity contribution in [3.63, 3.8) is 0 Å². The van der Waals surface area contributed by atoms with E-state index in [9.17, 15) is 4.39 Å². The van der Waals surface area contributed by atoms with E-state index in [0.29, 0.717) is 6.04 Å². The molecule has 1 aromatic rings. The third-order valence-electron chi connectivity index (χ3n) is 6.07. The number of benzene rings is 1. The van der Waals surface area contributed by atoms with E-state index in [1.54, 1.807) is 12.1 Å². The lowest BCUT2D eigenvalue weighted by molar-refractivity contribution is 0.376. The minimum atomic E-state index is -0.296. The van der Waals surface area contributed by atoms with Gasteiger partial charge in [-0.05, 0) is 80.0 Å². The first-order valence-corrected chi connectivity index (χ1v) is 8.18. The number of hydrogen-bond donors (Lipinski definition) is 1. The highest BCUT2D eigenvalue weighted by Gasteiger charge is 2.66. The van der Waals surface area contributed by atoms with Crippen LogP contribution in [0.4, 0.5) is 4.39 Å². The maximum Gasteiger partial charge on any atom is 0.142 e. The van der Waals surface area contributed by atoms with Crippen LogP contribution in [0.25, 0.3) is 0 Å². The van der Waals surface area contributed by atoms with Gasteiger partial charge in [0.1, 0.15) is 5.82 Å². The van der Waals surface area contributed by atoms with Crippen molar-refractivity contribution >= 4 is 11.6 Å². The topological polar surface area (TPSA) is 12.0 Å². The highest BCUT2D eigenvalue weighted by atomic mass is 35.5. The number of nitrogens with one attached hydrogen (secondary N) is 1. The Bertz CT molecular complexity index is 516. The number of halogens is 2. The molecular formula is C17H21ClFN. The average molecular weight is 294 g/mol. The third-order valence-corrected chi connectivity index (χ3v) is 6.38. The molecule has 2 bridgehead atoms. The lowest BCUT2D eigenvalue weighted by atomic mass is 9.93. The predicted octanol–water partition coefficient (Wildman–Crippen LogP) is 3.90. The van der Waals surface area contributed by atoms with E-state index in [1.807, 2.05) is 13.1 Å². The van der Waals surface area contributed by atoms with Crippen LogP contribution >= 0.6 is 11.6 Å². The van der Waals surface area contributed by atoms with Gasteiger partial charge in [0.25, 0.3) is 0 Å². The SMILES string of the molecule is CNC(Cc1ccc(Cl)c(F)c1)C1C2C3CCC(C3)C21. The van der Waals surface area contributed by atoms with Crippen molar-refractivity contribution in [1.82, 2.24) is 5.32 Å². The van der Waals surface area contributed by atoms with Crippen LogP contribution in [0.3, 0.4) is 0 Å². The summed E-state index contributed by atoms with van der Waals surface area (Å²) in [6.07, 6.45) is 5.31. The molecule has 3 aliphatic rings. The van der Waals surface area contributed by atoms with Crippen molar-refractivity contribution in [3.8, 4) is 0 Å². The first-order chi connectivity index (χ1) is 9.69. The molecule has 3 heteroatoms. The zero-order chi connectivity index (χ0) is 13.9. The van der Waals surface area contributed by atoms with Crippen LogP contribution in [0.5, 0.6) is 0 Å². The second kappa shape index (κ2) is 4.71. The number of rotatable bonds is 4. The molecule has 1 N–H and O–H groups in total. The van der Waals surface area contributed by atoms with Gasteiger partial charge in [-0.3, -0.25) is 0 Å². The molecule has 20 heavy (non-hydrogen) atoms. The van der Waals surface area contributed by atoms with E-state index in [0.717, 1.165) is 41.6 Å². The first-order valence-electron chi connectivity index (χ1n) is 7.80. The molecule has 0 aliphatic heterocycles. The van der Waals surface area contributed by atoms with Crippen molar-refractivity contribution in [1.29, 1.82) is 0 Å². The summed E-state index contributed by atoms with van der Waals surface area (Å²) in [5, 5.41) is 3.71. The molecule has 3 saturated carbocycles. The van der Waals surface area contributed by atoms with Crippen LogP contribution in [0, 0.1) is 35.4 Å². The molecule has 5 atom stereocenters. The van der Waals surface area contributed by atoms with Gasteiger partial charge in [0.05, 0.1) is 5.02 Å². The van der Waals surface area contributed by atoms with Crippen molar-refractivity contribution in [2.75, 3.05) is 7.05 Å². The Morgan fingerprint density at radius 3 is 2.60 bits per heavy atom. The van der Waals surface area contributed by atoms with Crippen LogP contribution in [0.15, 0.2) is 18.2 Å². The normalized spacial score (nSPS) is 38.9. The Labute approximate surface area is 124 Å². The zero-order valence-electron chi connectivity index (χ0n) is 11.8. The molecule has 0 saturated heterocycles. The maximum atomic E-state index is 13.6. The molecule has 3 aliphatic carbocycles. The zero-order valence-corrected chi connectivity index (χ0v) is 12.5. The number of fused-ring (bicyclic) bond motifs is 5. The average Bonchev–Trinajstić information content (AvgIpc) is 2.87. The summed E-state index contributed by atoms with van der Waals surface area (Å²) in [6, 6.07) is 5.73. The summed E-state index contributed by atoms with van der Waals surface area (Å²) in [4.78, 5) is 0. The molecule has 4 rings (SSSR count). The van der Waals surface area contributed by atoms with Crippen molar-refractivity contribution in [3.05, 3.63) is 34.6 Å². The summed E-state index contributed by atoms with van der Waals surface area (Å²) >= 11 is 5.76. The number of hydrogen-bond acceptors (Lipinski definition) is 1. The van der Waals surface area contributed by atoms with Gasteiger partial charge in [-0.15, -0.1) is 0 Å². The molecule has 3 fully saturated rings. The smallest absolute Gasteiger partial charge is 0.142 e. The monoisotopic (exact) mass is 293 g/mol. The molecule has 0 spiro atoms. The standard InChI is InChI=1S/C17H21ClFN/c1-20-14(7-9-2-5-12(18)13(19)6-9)17-15-10-3-4-11(8-10)16(15)17/h2,5-6,10-11,14-17,20H,3-4,7-8H2,1H3. The maximum absolute atomic E-state index is 13.6. The Hall–Kier alpha value is -0.600. The fourth-order valence-corrected chi connectivity index (χ4v) is 5.40. The Balaban J connectivity index is 1.48. The van der Waals surface area contributed by atoms with Crippen LogP contribution in [-0.2, 0) is 6.42 Å². The second-order valence-electron chi connectivity index (χ2n) is 6.91. The molecule has 0 amide bonds. The van der Waals surface area contributed by atoms with Crippen molar-refractivity contribution in [2.45, 2.75) is 31.7 Å². The van der Waals surface area contributed by atoms with Crippen LogP contribution < -0.4 is 5.32 Å². The summed E-state index contributed by atoms with van der Waals surface area (Å²) in [6.45, 7) is 0. The van der Waals surface area contributed by atoms with Gasteiger partial charge >= 0.3 is 0 Å².